The molecule has 1 aliphatic rings. The largest absolute Gasteiger partial charge is 0.497 e. The third-order valence-corrected chi connectivity index (χ3v) is 5.48. The van der Waals surface area contributed by atoms with Crippen molar-refractivity contribution in [3.63, 3.8) is 0 Å². The second-order valence-corrected chi connectivity index (χ2v) is 7.36. The van der Waals surface area contributed by atoms with Gasteiger partial charge >= 0.3 is 0 Å². The molecule has 2 N–H and O–H groups in total. The molecular formula is C19H24Cl2N6O2S. The quantitative estimate of drug-likeness (QED) is 0.595. The molecule has 3 aromatic rings. The summed E-state index contributed by atoms with van der Waals surface area (Å²) in [4.78, 5) is 23.9. The van der Waals surface area contributed by atoms with Crippen LogP contribution in [0, 0.1) is 0 Å². The van der Waals surface area contributed by atoms with Crippen LogP contribution in [-0.4, -0.2) is 52.1 Å². The lowest BCUT2D eigenvalue weighted by atomic mass is 10.1. The van der Waals surface area contributed by atoms with Crippen LogP contribution in [0.1, 0.15) is 22.4 Å². The molecule has 30 heavy (non-hydrogen) atoms. The molecule has 1 atom stereocenters. The van der Waals surface area contributed by atoms with E-state index in [4.69, 9.17) is 4.74 Å². The highest BCUT2D eigenvalue weighted by Gasteiger charge is 2.32. The number of methoxy groups -OCH3 is 1. The highest BCUT2D eigenvalue weighted by molar-refractivity contribution is 7.14. The van der Waals surface area contributed by atoms with Gasteiger partial charge in [0.1, 0.15) is 23.3 Å². The average Bonchev–Trinajstić information content (AvgIpc) is 3.37. The lowest BCUT2D eigenvalue weighted by Gasteiger charge is -2.35. The number of ether oxygens (including phenoxy) is 1. The van der Waals surface area contributed by atoms with Crippen molar-refractivity contribution in [2.45, 2.75) is 6.04 Å². The number of rotatable bonds is 5. The maximum absolute atomic E-state index is 13.1. The fourth-order valence-corrected chi connectivity index (χ4v) is 3.96. The Morgan fingerprint density at radius 1 is 1.30 bits per heavy atom. The van der Waals surface area contributed by atoms with Crippen LogP contribution in [0.5, 0.6) is 5.75 Å². The van der Waals surface area contributed by atoms with Crippen LogP contribution < -0.4 is 15.4 Å². The molecule has 1 aliphatic heterocycles. The first-order valence-electron chi connectivity index (χ1n) is 9.01. The minimum absolute atomic E-state index is 0. The van der Waals surface area contributed by atoms with Gasteiger partial charge in [0.05, 0.1) is 7.11 Å². The zero-order valence-electron chi connectivity index (χ0n) is 16.6. The lowest BCUT2D eigenvalue weighted by Crippen LogP contribution is -2.49. The summed E-state index contributed by atoms with van der Waals surface area (Å²) in [6.07, 6.45) is 3.65. The SMILES string of the molecule is COc1ccc(Nc2nc(C(=O)N3CCNCC3c3nccn3C)cs2)cc1.Cl.Cl. The predicted octanol–water partition coefficient (Wildman–Crippen LogP) is 3.26. The third-order valence-electron chi connectivity index (χ3n) is 4.73. The molecule has 0 radical (unpaired) electrons. The van der Waals surface area contributed by atoms with Crippen molar-refractivity contribution >= 4 is 52.9 Å². The second-order valence-electron chi connectivity index (χ2n) is 6.51. The van der Waals surface area contributed by atoms with E-state index >= 15 is 0 Å². The van der Waals surface area contributed by atoms with Gasteiger partial charge in [-0.1, -0.05) is 0 Å². The molecule has 1 aromatic carbocycles. The number of thiazole rings is 1. The molecule has 162 valence electrons. The van der Waals surface area contributed by atoms with Gasteiger partial charge in [-0.25, -0.2) is 9.97 Å². The first-order chi connectivity index (χ1) is 13.7. The van der Waals surface area contributed by atoms with E-state index < -0.39 is 0 Å². The van der Waals surface area contributed by atoms with E-state index in [-0.39, 0.29) is 36.8 Å². The van der Waals surface area contributed by atoms with Crippen molar-refractivity contribution in [1.29, 1.82) is 0 Å². The summed E-state index contributed by atoms with van der Waals surface area (Å²) in [5, 5.41) is 9.06. The summed E-state index contributed by atoms with van der Waals surface area (Å²) in [5.74, 6) is 1.58. The summed E-state index contributed by atoms with van der Waals surface area (Å²) in [7, 11) is 3.58. The van der Waals surface area contributed by atoms with Gasteiger partial charge in [-0.2, -0.15) is 0 Å². The standard InChI is InChI=1S/C19H22N6O2S.2ClH/c1-24-9-8-21-17(24)16-11-20-7-10-25(16)18(26)15-12-28-19(23-15)22-13-3-5-14(27-2)6-4-13;;/h3-6,8-9,12,16,20H,7,10-11H2,1-2H3,(H,22,23);2*1H. The number of imidazole rings is 1. The number of aryl methyl sites for hydroxylation is 1. The number of amides is 1. The molecule has 8 nitrogen and oxygen atoms in total. The number of carbonyl (C=O) groups excluding carboxylic acids is 1. The van der Waals surface area contributed by atoms with Gasteiger partial charge in [-0.05, 0) is 24.3 Å². The molecule has 0 aliphatic carbocycles. The van der Waals surface area contributed by atoms with Crippen molar-refractivity contribution in [1.82, 2.24) is 24.8 Å². The number of hydrogen-bond donors (Lipinski definition) is 2. The molecule has 1 saturated heterocycles. The van der Waals surface area contributed by atoms with Crippen LogP contribution in [-0.2, 0) is 7.05 Å². The number of benzene rings is 1. The Kier molecular flexibility index (Phi) is 8.48. The van der Waals surface area contributed by atoms with E-state index in [2.05, 4.69) is 20.6 Å². The van der Waals surface area contributed by atoms with Gasteiger partial charge in [0.2, 0.25) is 0 Å². The number of piperazine rings is 1. The zero-order chi connectivity index (χ0) is 19.5. The summed E-state index contributed by atoms with van der Waals surface area (Å²) in [6, 6.07) is 7.46. The summed E-state index contributed by atoms with van der Waals surface area (Å²) in [6.45, 7) is 2.06. The first-order valence-corrected chi connectivity index (χ1v) is 9.89. The van der Waals surface area contributed by atoms with Crippen LogP contribution in [0.4, 0.5) is 10.8 Å². The van der Waals surface area contributed by atoms with E-state index in [1.54, 1.807) is 18.7 Å². The van der Waals surface area contributed by atoms with Crippen LogP contribution >= 0.6 is 36.2 Å². The fourth-order valence-electron chi connectivity index (χ4n) is 3.25. The highest BCUT2D eigenvalue weighted by atomic mass is 35.5. The molecule has 1 unspecified atom stereocenters. The predicted molar refractivity (Wildman–Crippen MR) is 123 cm³/mol. The van der Waals surface area contributed by atoms with E-state index in [0.717, 1.165) is 23.8 Å². The highest BCUT2D eigenvalue weighted by Crippen LogP contribution is 2.26. The number of nitrogens with zero attached hydrogens (tertiary/aromatic N) is 4. The Labute approximate surface area is 191 Å². The van der Waals surface area contributed by atoms with Crippen LogP contribution in [0.25, 0.3) is 0 Å². The average molecular weight is 471 g/mol. The summed E-state index contributed by atoms with van der Waals surface area (Å²) < 4.78 is 7.12. The van der Waals surface area contributed by atoms with Crippen LogP contribution in [0.3, 0.4) is 0 Å². The molecule has 0 bridgehead atoms. The Balaban J connectivity index is 0.00000160. The first kappa shape index (κ1) is 23.9. The normalized spacial score (nSPS) is 15.7. The Morgan fingerprint density at radius 2 is 2.07 bits per heavy atom. The molecule has 3 heterocycles. The lowest BCUT2D eigenvalue weighted by molar-refractivity contribution is 0.0615. The minimum Gasteiger partial charge on any atom is -0.497 e. The van der Waals surface area contributed by atoms with Gasteiger partial charge in [0.15, 0.2) is 5.13 Å². The van der Waals surface area contributed by atoms with E-state index in [9.17, 15) is 4.79 Å². The molecule has 0 spiro atoms. The second kappa shape index (κ2) is 10.6. The van der Waals surface area contributed by atoms with Crippen molar-refractivity contribution in [3.8, 4) is 5.75 Å². The van der Waals surface area contributed by atoms with Gasteiger partial charge in [-0.3, -0.25) is 4.79 Å². The zero-order valence-corrected chi connectivity index (χ0v) is 19.0. The van der Waals surface area contributed by atoms with Gasteiger partial charge in [0, 0.05) is 50.1 Å². The van der Waals surface area contributed by atoms with E-state index in [0.29, 0.717) is 23.9 Å². The maximum atomic E-state index is 13.1. The minimum atomic E-state index is -0.110. The Bertz CT molecular complexity index is 962. The van der Waals surface area contributed by atoms with Crippen molar-refractivity contribution in [2.24, 2.45) is 7.05 Å². The number of anilines is 2. The summed E-state index contributed by atoms with van der Waals surface area (Å²) in [5.41, 5.74) is 1.34. The molecule has 11 heteroatoms. The fraction of sp³-hybridized carbons (Fsp3) is 0.316. The monoisotopic (exact) mass is 470 g/mol. The summed E-state index contributed by atoms with van der Waals surface area (Å²) >= 11 is 1.41. The number of aromatic nitrogens is 3. The maximum Gasteiger partial charge on any atom is 0.274 e. The van der Waals surface area contributed by atoms with Gasteiger partial charge in [-0.15, -0.1) is 36.2 Å². The molecular weight excluding hydrogens is 447 g/mol. The number of nitrogens with one attached hydrogen (secondary N) is 2. The van der Waals surface area contributed by atoms with Crippen molar-refractivity contribution < 1.29 is 9.53 Å². The van der Waals surface area contributed by atoms with E-state index in [1.165, 1.54) is 11.3 Å². The van der Waals surface area contributed by atoms with Crippen molar-refractivity contribution in [3.05, 3.63) is 53.6 Å². The number of carbonyl (C=O) groups is 1. The van der Waals surface area contributed by atoms with Gasteiger partial charge in [0.25, 0.3) is 5.91 Å². The molecule has 4 rings (SSSR count). The molecule has 1 fully saturated rings. The topological polar surface area (TPSA) is 84.3 Å². The van der Waals surface area contributed by atoms with Gasteiger partial charge < -0.3 is 24.8 Å². The molecule has 2 aromatic heterocycles. The van der Waals surface area contributed by atoms with E-state index in [1.807, 2.05) is 47.0 Å². The van der Waals surface area contributed by atoms with Crippen LogP contribution in [0.15, 0.2) is 42.0 Å². The number of hydrogen-bond acceptors (Lipinski definition) is 7. The third kappa shape index (κ3) is 5.04. The Morgan fingerprint density at radius 3 is 2.73 bits per heavy atom. The van der Waals surface area contributed by atoms with Crippen LogP contribution in [0.2, 0.25) is 0 Å². The molecule has 1 amide bonds. The Hall–Kier alpha value is -2.33. The number of halogens is 2. The smallest absolute Gasteiger partial charge is 0.274 e. The van der Waals surface area contributed by atoms with Crippen molar-refractivity contribution in [2.75, 3.05) is 32.1 Å². The molecule has 0 saturated carbocycles.